The Labute approximate surface area is 161 Å². The molecule has 6 heteroatoms. The summed E-state index contributed by atoms with van der Waals surface area (Å²) in [5.41, 5.74) is 2.09. The lowest BCUT2D eigenvalue weighted by atomic mass is 9.83. The number of anilines is 1. The molecule has 2 unspecified atom stereocenters. The van der Waals surface area contributed by atoms with E-state index < -0.39 is 12.0 Å². The number of pyridine rings is 2. The number of benzene rings is 1. The zero-order valence-corrected chi connectivity index (χ0v) is 15.0. The molecule has 2 N–H and O–H groups in total. The van der Waals surface area contributed by atoms with Gasteiger partial charge in [-0.15, -0.1) is 0 Å². The molecule has 27 heavy (non-hydrogen) atoms. The number of aromatic nitrogens is 2. The lowest BCUT2D eigenvalue weighted by Gasteiger charge is -2.28. The number of hydrogen-bond donors (Lipinski definition) is 2. The first-order valence-electron chi connectivity index (χ1n) is 8.47. The Morgan fingerprint density at radius 1 is 1.04 bits per heavy atom. The predicted octanol–water partition coefficient (Wildman–Crippen LogP) is 4.51. The molecule has 4 rings (SSSR count). The minimum absolute atomic E-state index is 0.0160. The summed E-state index contributed by atoms with van der Waals surface area (Å²) in [5, 5.41) is 13.9. The van der Waals surface area contributed by atoms with Gasteiger partial charge in [0.15, 0.2) is 17.4 Å². The zero-order valence-electron chi connectivity index (χ0n) is 14.2. The van der Waals surface area contributed by atoms with Crippen LogP contribution in [0.5, 0.6) is 5.75 Å². The lowest BCUT2D eigenvalue weighted by Crippen LogP contribution is -2.29. The molecule has 0 fully saturated rings. The monoisotopic (exact) mass is 377 g/mol. The first kappa shape index (κ1) is 17.2. The van der Waals surface area contributed by atoms with Crippen molar-refractivity contribution in [2.45, 2.75) is 6.04 Å². The molecule has 0 amide bonds. The lowest BCUT2D eigenvalue weighted by molar-refractivity contribution is 0.0927. The van der Waals surface area contributed by atoms with Gasteiger partial charge in [0.05, 0.1) is 12.0 Å². The molecule has 0 spiro atoms. The van der Waals surface area contributed by atoms with Crippen LogP contribution in [0.3, 0.4) is 0 Å². The average Bonchev–Trinajstić information content (AvgIpc) is 2.69. The summed E-state index contributed by atoms with van der Waals surface area (Å²) >= 11 is 6.02. The highest BCUT2D eigenvalue weighted by atomic mass is 35.5. The van der Waals surface area contributed by atoms with Gasteiger partial charge in [-0.25, -0.2) is 4.98 Å². The van der Waals surface area contributed by atoms with Crippen molar-refractivity contribution in [3.8, 4) is 5.75 Å². The summed E-state index contributed by atoms with van der Waals surface area (Å²) in [5.74, 6) is -0.265. The van der Waals surface area contributed by atoms with E-state index in [0.29, 0.717) is 16.5 Å². The second kappa shape index (κ2) is 7.21. The number of aromatic hydroxyl groups is 1. The van der Waals surface area contributed by atoms with E-state index in [1.807, 2.05) is 30.4 Å². The standard InChI is InChI=1S/C21H16ClN3O2/c22-15-8-5-14(6-9-15)18(25-21-17(26)4-2-12-24-21)16-10-7-13-3-1-11-23-19(13)20(16)27/h1-12,16,18,26H,(H,24,25). The molecule has 3 aromatic rings. The Bertz CT molecular complexity index is 1020. The van der Waals surface area contributed by atoms with Gasteiger partial charge in [0.1, 0.15) is 5.69 Å². The molecule has 1 aliphatic rings. The number of halogens is 1. The Hall–Kier alpha value is -3.18. The van der Waals surface area contributed by atoms with Crippen molar-refractivity contribution in [1.29, 1.82) is 0 Å². The number of rotatable bonds is 4. The molecule has 134 valence electrons. The molecule has 2 atom stereocenters. The van der Waals surface area contributed by atoms with Crippen LogP contribution < -0.4 is 5.32 Å². The first-order valence-corrected chi connectivity index (χ1v) is 8.85. The molecule has 5 nitrogen and oxygen atoms in total. The van der Waals surface area contributed by atoms with Crippen LogP contribution in [0.25, 0.3) is 6.08 Å². The van der Waals surface area contributed by atoms with Gasteiger partial charge >= 0.3 is 0 Å². The summed E-state index contributed by atoms with van der Waals surface area (Å²) in [6, 6.07) is 13.7. The van der Waals surface area contributed by atoms with Gasteiger partial charge in [-0.3, -0.25) is 9.78 Å². The Kier molecular flexibility index (Phi) is 4.60. The van der Waals surface area contributed by atoms with Crippen molar-refractivity contribution in [2.75, 3.05) is 5.32 Å². The molecule has 0 bridgehead atoms. The van der Waals surface area contributed by atoms with Crippen LogP contribution in [0, 0.1) is 5.92 Å². The van der Waals surface area contributed by atoms with Crippen LogP contribution in [0.4, 0.5) is 5.82 Å². The molecule has 0 radical (unpaired) electrons. The number of hydrogen-bond acceptors (Lipinski definition) is 5. The van der Waals surface area contributed by atoms with E-state index in [1.54, 1.807) is 42.7 Å². The third kappa shape index (κ3) is 3.41. The van der Waals surface area contributed by atoms with Crippen LogP contribution >= 0.6 is 11.6 Å². The Morgan fingerprint density at radius 3 is 2.56 bits per heavy atom. The van der Waals surface area contributed by atoms with Crippen molar-refractivity contribution in [3.63, 3.8) is 0 Å². The zero-order chi connectivity index (χ0) is 18.8. The highest BCUT2D eigenvalue weighted by molar-refractivity contribution is 6.30. The van der Waals surface area contributed by atoms with E-state index in [2.05, 4.69) is 15.3 Å². The quantitative estimate of drug-likeness (QED) is 0.699. The molecular weight excluding hydrogens is 362 g/mol. The summed E-state index contributed by atoms with van der Waals surface area (Å²) in [4.78, 5) is 21.5. The van der Waals surface area contributed by atoms with Gasteiger partial charge in [-0.1, -0.05) is 42.0 Å². The van der Waals surface area contributed by atoms with Crippen LogP contribution in [0.2, 0.25) is 5.02 Å². The number of fused-ring (bicyclic) bond motifs is 1. The second-order valence-electron chi connectivity index (χ2n) is 6.24. The van der Waals surface area contributed by atoms with Gasteiger partial charge in [-0.2, -0.15) is 0 Å². The maximum absolute atomic E-state index is 13.1. The van der Waals surface area contributed by atoms with Gasteiger partial charge in [0.2, 0.25) is 0 Å². The minimum Gasteiger partial charge on any atom is -0.504 e. The average molecular weight is 378 g/mol. The normalized spacial score (nSPS) is 16.6. The van der Waals surface area contributed by atoms with E-state index in [4.69, 9.17) is 11.6 Å². The highest BCUT2D eigenvalue weighted by Crippen LogP contribution is 2.35. The topological polar surface area (TPSA) is 75.1 Å². The molecule has 2 heterocycles. The summed E-state index contributed by atoms with van der Waals surface area (Å²) in [7, 11) is 0. The molecule has 0 aliphatic heterocycles. The molecule has 0 saturated carbocycles. The van der Waals surface area contributed by atoms with Crippen molar-refractivity contribution < 1.29 is 9.90 Å². The SMILES string of the molecule is O=C1c2ncccc2C=CC1C(Nc1ncccc1O)c1ccc(Cl)cc1. The van der Waals surface area contributed by atoms with Crippen molar-refractivity contribution in [3.05, 3.63) is 88.8 Å². The van der Waals surface area contributed by atoms with E-state index in [9.17, 15) is 9.90 Å². The minimum atomic E-state index is -0.505. The molecule has 1 aromatic carbocycles. The molecular formula is C21H16ClN3O2. The third-order valence-electron chi connectivity index (χ3n) is 4.53. The summed E-state index contributed by atoms with van der Waals surface area (Å²) < 4.78 is 0. The van der Waals surface area contributed by atoms with Crippen molar-refractivity contribution >= 4 is 29.3 Å². The number of nitrogens with one attached hydrogen (secondary N) is 1. The van der Waals surface area contributed by atoms with E-state index in [-0.39, 0.29) is 11.5 Å². The van der Waals surface area contributed by atoms with Crippen LogP contribution in [-0.4, -0.2) is 20.9 Å². The fraction of sp³-hybridized carbons (Fsp3) is 0.0952. The first-order chi connectivity index (χ1) is 13.1. The van der Waals surface area contributed by atoms with E-state index in [1.165, 1.54) is 0 Å². The van der Waals surface area contributed by atoms with Gasteiger partial charge < -0.3 is 10.4 Å². The smallest absolute Gasteiger partial charge is 0.191 e. The van der Waals surface area contributed by atoms with Crippen LogP contribution in [0.1, 0.15) is 27.7 Å². The second-order valence-corrected chi connectivity index (χ2v) is 6.67. The largest absolute Gasteiger partial charge is 0.504 e. The third-order valence-corrected chi connectivity index (χ3v) is 4.78. The highest BCUT2D eigenvalue weighted by Gasteiger charge is 2.33. The Balaban J connectivity index is 1.75. The van der Waals surface area contributed by atoms with Gasteiger partial charge in [0.25, 0.3) is 0 Å². The number of ketones is 1. The molecule has 2 aromatic heterocycles. The molecule has 0 saturated heterocycles. The van der Waals surface area contributed by atoms with Crippen LogP contribution in [0.15, 0.2) is 67.0 Å². The molecule has 1 aliphatic carbocycles. The number of carbonyl (C=O) groups is 1. The van der Waals surface area contributed by atoms with Crippen molar-refractivity contribution in [2.24, 2.45) is 5.92 Å². The fourth-order valence-electron chi connectivity index (χ4n) is 3.18. The summed E-state index contributed by atoms with van der Waals surface area (Å²) in [6.07, 6.45) is 6.95. The van der Waals surface area contributed by atoms with Gasteiger partial charge in [0, 0.05) is 23.0 Å². The number of carbonyl (C=O) groups excluding carboxylic acids is 1. The van der Waals surface area contributed by atoms with Crippen LogP contribution in [-0.2, 0) is 0 Å². The maximum atomic E-state index is 13.1. The number of nitrogens with zero attached hydrogens (tertiary/aromatic N) is 2. The Morgan fingerprint density at radius 2 is 1.78 bits per heavy atom. The van der Waals surface area contributed by atoms with E-state index in [0.717, 1.165) is 11.1 Å². The van der Waals surface area contributed by atoms with E-state index >= 15 is 0 Å². The maximum Gasteiger partial charge on any atom is 0.191 e. The van der Waals surface area contributed by atoms with Crippen molar-refractivity contribution in [1.82, 2.24) is 9.97 Å². The fourth-order valence-corrected chi connectivity index (χ4v) is 3.31. The predicted molar refractivity (Wildman–Crippen MR) is 105 cm³/mol. The summed E-state index contributed by atoms with van der Waals surface area (Å²) in [6.45, 7) is 0. The van der Waals surface area contributed by atoms with Gasteiger partial charge in [-0.05, 0) is 35.9 Å². The number of Topliss-reactive ketones (excluding diaryl/α,β-unsaturated/α-hetero) is 1.